The number of carboxylic acids is 1. The van der Waals surface area contributed by atoms with Crippen molar-refractivity contribution in [2.75, 3.05) is 11.9 Å². The molecule has 0 aliphatic rings. The number of aliphatic carboxylic acids is 1. The van der Waals surface area contributed by atoms with Gasteiger partial charge < -0.3 is 15.2 Å². The number of carboxylic acid groups (broad SMARTS) is 1. The Labute approximate surface area is 130 Å². The summed E-state index contributed by atoms with van der Waals surface area (Å²) in [5.74, 6) is -2.31. The monoisotopic (exact) mass is 320 g/mol. The molecular formula is C15H13FN2O5. The van der Waals surface area contributed by atoms with Crippen molar-refractivity contribution in [1.29, 1.82) is 0 Å². The first-order valence-electron chi connectivity index (χ1n) is 6.57. The molecule has 7 nitrogen and oxygen atoms in total. The van der Waals surface area contributed by atoms with Crippen molar-refractivity contribution >= 4 is 17.3 Å². The summed E-state index contributed by atoms with van der Waals surface area (Å²) in [4.78, 5) is 20.8. The van der Waals surface area contributed by atoms with Gasteiger partial charge in [-0.25, -0.2) is 4.39 Å². The maximum absolute atomic E-state index is 14.0. The maximum Gasteiger partial charge on any atom is 0.322 e. The van der Waals surface area contributed by atoms with Gasteiger partial charge in [-0.3, -0.25) is 14.9 Å². The van der Waals surface area contributed by atoms with E-state index in [1.807, 2.05) is 6.07 Å². The molecule has 0 aliphatic heterocycles. The van der Waals surface area contributed by atoms with Gasteiger partial charge in [0.05, 0.1) is 11.0 Å². The van der Waals surface area contributed by atoms with E-state index in [1.165, 1.54) is 0 Å². The van der Waals surface area contributed by atoms with Crippen molar-refractivity contribution in [3.05, 3.63) is 64.0 Å². The van der Waals surface area contributed by atoms with Crippen LogP contribution in [0.25, 0.3) is 0 Å². The van der Waals surface area contributed by atoms with Gasteiger partial charge in [0, 0.05) is 6.07 Å². The van der Waals surface area contributed by atoms with E-state index in [9.17, 15) is 19.3 Å². The highest BCUT2D eigenvalue weighted by Crippen LogP contribution is 2.32. The highest BCUT2D eigenvalue weighted by Gasteiger charge is 2.20. The van der Waals surface area contributed by atoms with Crippen LogP contribution in [0.2, 0.25) is 0 Å². The number of rotatable bonds is 7. The molecule has 0 bridgehead atoms. The van der Waals surface area contributed by atoms with Gasteiger partial charge in [0.2, 0.25) is 0 Å². The predicted octanol–water partition coefficient (Wildman–Crippen LogP) is 2.81. The van der Waals surface area contributed by atoms with Crippen molar-refractivity contribution in [2.24, 2.45) is 0 Å². The smallest absolute Gasteiger partial charge is 0.322 e. The van der Waals surface area contributed by atoms with E-state index in [0.29, 0.717) is 0 Å². The number of hydrogen-bond acceptors (Lipinski definition) is 5. The molecule has 120 valence electrons. The fraction of sp³-hybridized carbons (Fsp3) is 0.133. The van der Waals surface area contributed by atoms with Crippen molar-refractivity contribution < 1.29 is 24.0 Å². The van der Waals surface area contributed by atoms with Gasteiger partial charge >= 0.3 is 5.97 Å². The number of hydrogen-bond donors (Lipinski definition) is 2. The summed E-state index contributed by atoms with van der Waals surface area (Å²) in [6.07, 6.45) is 0. The highest BCUT2D eigenvalue weighted by atomic mass is 19.1. The normalized spacial score (nSPS) is 10.1. The third kappa shape index (κ3) is 4.40. The molecule has 2 aromatic carbocycles. The summed E-state index contributed by atoms with van der Waals surface area (Å²) in [6.45, 7) is -0.513. The van der Waals surface area contributed by atoms with Gasteiger partial charge in [0.1, 0.15) is 18.8 Å². The summed E-state index contributed by atoms with van der Waals surface area (Å²) in [7, 11) is 0. The minimum atomic E-state index is -1.22. The molecule has 0 saturated carbocycles. The number of ether oxygens (including phenoxy) is 1. The van der Waals surface area contributed by atoms with E-state index in [0.717, 1.165) is 17.7 Å². The molecule has 0 heterocycles. The fourth-order valence-corrected chi connectivity index (χ4v) is 1.85. The zero-order valence-corrected chi connectivity index (χ0v) is 11.9. The Morgan fingerprint density at radius 3 is 2.61 bits per heavy atom. The molecule has 0 amide bonds. The van der Waals surface area contributed by atoms with E-state index < -0.39 is 28.9 Å². The zero-order valence-electron chi connectivity index (χ0n) is 11.9. The topological polar surface area (TPSA) is 102 Å². The lowest BCUT2D eigenvalue weighted by Gasteiger charge is -2.10. The van der Waals surface area contributed by atoms with Crippen molar-refractivity contribution in [3.8, 4) is 5.75 Å². The van der Waals surface area contributed by atoms with Crippen LogP contribution in [0.5, 0.6) is 5.75 Å². The number of nitro benzene ring substituents is 1. The van der Waals surface area contributed by atoms with Crippen molar-refractivity contribution in [2.45, 2.75) is 6.61 Å². The first-order valence-corrected chi connectivity index (χ1v) is 6.57. The second-order valence-electron chi connectivity index (χ2n) is 4.58. The number of anilines is 1. The molecule has 0 radical (unpaired) electrons. The number of nitrogens with one attached hydrogen (secondary N) is 1. The minimum Gasteiger partial charge on any atom is -0.486 e. The first-order chi connectivity index (χ1) is 11.0. The predicted molar refractivity (Wildman–Crippen MR) is 80.0 cm³/mol. The van der Waals surface area contributed by atoms with Crippen LogP contribution < -0.4 is 10.1 Å². The molecule has 0 aromatic heterocycles. The molecule has 0 fully saturated rings. The largest absolute Gasteiger partial charge is 0.486 e. The Balaban J connectivity index is 2.21. The van der Waals surface area contributed by atoms with Gasteiger partial charge in [-0.05, 0) is 5.56 Å². The lowest BCUT2D eigenvalue weighted by Crippen LogP contribution is -2.13. The lowest BCUT2D eigenvalue weighted by molar-refractivity contribution is -0.384. The molecule has 0 aliphatic carbocycles. The molecule has 2 aromatic rings. The number of benzene rings is 2. The molecule has 0 atom stereocenters. The summed E-state index contributed by atoms with van der Waals surface area (Å²) in [5.41, 5.74) is 0.0975. The SMILES string of the molecule is O=C(O)CNc1cc(F)c(OCc2ccccc2)cc1[N+](=O)[O-]. The third-order valence-electron chi connectivity index (χ3n) is 2.91. The van der Waals surface area contributed by atoms with Crippen molar-refractivity contribution in [1.82, 2.24) is 0 Å². The van der Waals surface area contributed by atoms with Crippen LogP contribution >= 0.6 is 0 Å². The highest BCUT2D eigenvalue weighted by molar-refractivity contribution is 5.75. The van der Waals surface area contributed by atoms with E-state index in [4.69, 9.17) is 9.84 Å². The Kier molecular flexibility index (Phi) is 5.08. The molecule has 0 spiro atoms. The molecular weight excluding hydrogens is 307 g/mol. The molecule has 0 saturated heterocycles. The average molecular weight is 320 g/mol. The quantitative estimate of drug-likeness (QED) is 0.601. The van der Waals surface area contributed by atoms with E-state index in [2.05, 4.69) is 5.32 Å². The lowest BCUT2D eigenvalue weighted by atomic mass is 10.2. The average Bonchev–Trinajstić information content (AvgIpc) is 2.52. The molecule has 2 N–H and O–H groups in total. The Bertz CT molecular complexity index is 721. The Morgan fingerprint density at radius 1 is 1.30 bits per heavy atom. The van der Waals surface area contributed by atoms with Crippen LogP contribution in [0.4, 0.5) is 15.8 Å². The number of nitro groups is 1. The van der Waals surface area contributed by atoms with E-state index in [1.54, 1.807) is 24.3 Å². The van der Waals surface area contributed by atoms with Crippen LogP contribution in [0.15, 0.2) is 42.5 Å². The number of nitrogens with zero attached hydrogens (tertiary/aromatic N) is 1. The molecule has 0 unspecified atom stereocenters. The third-order valence-corrected chi connectivity index (χ3v) is 2.91. The Morgan fingerprint density at radius 2 is 2.00 bits per heavy atom. The standard InChI is InChI=1S/C15H13FN2O5/c16-11-6-12(17-8-15(19)20)13(18(21)22)7-14(11)23-9-10-4-2-1-3-5-10/h1-7,17H,8-9H2,(H,19,20). The molecule has 8 heteroatoms. The summed E-state index contributed by atoms with van der Waals surface area (Å²) >= 11 is 0. The molecule has 23 heavy (non-hydrogen) atoms. The van der Waals surface area contributed by atoms with Crippen LogP contribution in [0.1, 0.15) is 5.56 Å². The van der Waals surface area contributed by atoms with Crippen LogP contribution in [-0.2, 0) is 11.4 Å². The van der Waals surface area contributed by atoms with Crippen LogP contribution in [0.3, 0.4) is 0 Å². The van der Waals surface area contributed by atoms with Gasteiger partial charge in [-0.2, -0.15) is 0 Å². The van der Waals surface area contributed by atoms with Crippen LogP contribution in [-0.4, -0.2) is 22.5 Å². The second-order valence-corrected chi connectivity index (χ2v) is 4.58. The Hall–Kier alpha value is -3.16. The van der Waals surface area contributed by atoms with Gasteiger partial charge in [-0.15, -0.1) is 0 Å². The van der Waals surface area contributed by atoms with Gasteiger partial charge in [-0.1, -0.05) is 30.3 Å². The first kappa shape index (κ1) is 16.2. The summed E-state index contributed by atoms with van der Waals surface area (Å²) < 4.78 is 19.3. The maximum atomic E-state index is 14.0. The number of halogens is 1. The van der Waals surface area contributed by atoms with Crippen LogP contribution in [0, 0.1) is 15.9 Å². The minimum absolute atomic E-state index is 0.0524. The zero-order chi connectivity index (χ0) is 16.8. The van der Waals surface area contributed by atoms with E-state index >= 15 is 0 Å². The second kappa shape index (κ2) is 7.21. The summed E-state index contributed by atoms with van der Waals surface area (Å²) in [5, 5.41) is 21.9. The van der Waals surface area contributed by atoms with Crippen molar-refractivity contribution in [3.63, 3.8) is 0 Å². The number of carbonyl (C=O) groups is 1. The molecule has 2 rings (SSSR count). The van der Waals surface area contributed by atoms with E-state index in [-0.39, 0.29) is 18.0 Å². The fourth-order valence-electron chi connectivity index (χ4n) is 1.85. The summed E-state index contributed by atoms with van der Waals surface area (Å²) in [6, 6.07) is 10.7. The van der Waals surface area contributed by atoms with Gasteiger partial charge in [0.15, 0.2) is 11.6 Å². The van der Waals surface area contributed by atoms with Gasteiger partial charge in [0.25, 0.3) is 5.69 Å².